The van der Waals surface area contributed by atoms with Gasteiger partial charge in [-0.05, 0) is 5.56 Å². The highest BCUT2D eigenvalue weighted by Gasteiger charge is 2.06. The van der Waals surface area contributed by atoms with Crippen molar-refractivity contribution in [2.75, 3.05) is 0 Å². The van der Waals surface area contributed by atoms with E-state index in [4.69, 9.17) is 11.6 Å². The number of nitrogens with one attached hydrogen (secondary N) is 1. The molecule has 0 spiro atoms. The fraction of sp³-hybridized carbons (Fsp3) is 0.143. The third kappa shape index (κ3) is 1.07. The van der Waals surface area contributed by atoms with E-state index < -0.39 is 0 Å². The number of aromatic nitrogens is 3. The Morgan fingerprint density at radius 3 is 3.08 bits per heavy atom. The standard InChI is InChI=1S/C7H6ClN3S/c8-6-5-4(2-12)1-9-7(5)11-3-10-6/h1,3,12H,2H2,(H,9,10,11). The Labute approximate surface area is 79.6 Å². The average Bonchev–Trinajstić information content (AvgIpc) is 2.49. The normalized spacial score (nSPS) is 10.8. The summed E-state index contributed by atoms with van der Waals surface area (Å²) in [5.74, 6) is 0.632. The molecule has 0 fully saturated rings. The van der Waals surface area contributed by atoms with Crippen LogP contribution in [0.5, 0.6) is 0 Å². The zero-order valence-electron chi connectivity index (χ0n) is 6.08. The summed E-state index contributed by atoms with van der Waals surface area (Å²) in [7, 11) is 0. The number of aromatic amines is 1. The minimum Gasteiger partial charge on any atom is -0.346 e. The van der Waals surface area contributed by atoms with Crippen molar-refractivity contribution in [3.05, 3.63) is 23.2 Å². The van der Waals surface area contributed by atoms with Gasteiger partial charge in [0.05, 0.1) is 5.39 Å². The van der Waals surface area contributed by atoms with Gasteiger partial charge in [0.1, 0.15) is 17.1 Å². The van der Waals surface area contributed by atoms with E-state index in [1.807, 2.05) is 6.20 Å². The van der Waals surface area contributed by atoms with Gasteiger partial charge in [-0.2, -0.15) is 12.6 Å². The molecule has 0 saturated carbocycles. The minimum atomic E-state index is 0.477. The van der Waals surface area contributed by atoms with Gasteiger partial charge in [-0.25, -0.2) is 9.97 Å². The molecule has 0 aliphatic carbocycles. The maximum atomic E-state index is 5.88. The molecule has 0 aromatic carbocycles. The predicted octanol–water partition coefficient (Wildman–Crippen LogP) is 2.04. The van der Waals surface area contributed by atoms with E-state index in [0.29, 0.717) is 10.9 Å². The fourth-order valence-corrected chi connectivity index (χ4v) is 1.61. The van der Waals surface area contributed by atoms with E-state index in [1.165, 1.54) is 6.33 Å². The van der Waals surface area contributed by atoms with Gasteiger partial charge in [0.25, 0.3) is 0 Å². The molecule has 0 aliphatic rings. The van der Waals surface area contributed by atoms with Crippen LogP contribution in [0.1, 0.15) is 5.56 Å². The SMILES string of the molecule is SCc1c[nH]c2ncnc(Cl)c12. The van der Waals surface area contributed by atoms with E-state index in [-0.39, 0.29) is 0 Å². The highest BCUT2D eigenvalue weighted by atomic mass is 35.5. The van der Waals surface area contributed by atoms with Crippen molar-refractivity contribution in [3.8, 4) is 0 Å². The molecule has 2 rings (SSSR count). The molecular formula is C7H6ClN3S. The first kappa shape index (κ1) is 7.89. The van der Waals surface area contributed by atoms with Crippen LogP contribution in [-0.2, 0) is 5.75 Å². The summed E-state index contributed by atoms with van der Waals surface area (Å²) in [6, 6.07) is 0. The summed E-state index contributed by atoms with van der Waals surface area (Å²) in [5, 5.41) is 1.35. The van der Waals surface area contributed by atoms with Gasteiger partial charge in [0.15, 0.2) is 0 Å². The number of fused-ring (bicyclic) bond motifs is 1. The largest absolute Gasteiger partial charge is 0.346 e. The molecule has 0 bridgehead atoms. The van der Waals surface area contributed by atoms with Crippen molar-refractivity contribution >= 4 is 35.3 Å². The third-order valence-electron chi connectivity index (χ3n) is 1.68. The van der Waals surface area contributed by atoms with E-state index in [0.717, 1.165) is 16.6 Å². The van der Waals surface area contributed by atoms with Crippen LogP contribution >= 0.6 is 24.2 Å². The quantitative estimate of drug-likeness (QED) is 0.545. The van der Waals surface area contributed by atoms with Crippen LogP contribution in [0.3, 0.4) is 0 Å². The maximum absolute atomic E-state index is 5.88. The molecular weight excluding hydrogens is 194 g/mol. The maximum Gasteiger partial charge on any atom is 0.142 e. The number of nitrogens with zero attached hydrogens (tertiary/aromatic N) is 2. The number of H-pyrrole nitrogens is 1. The van der Waals surface area contributed by atoms with Crippen LogP contribution < -0.4 is 0 Å². The molecule has 3 nitrogen and oxygen atoms in total. The number of halogens is 1. The van der Waals surface area contributed by atoms with Gasteiger partial charge >= 0.3 is 0 Å². The second-order valence-electron chi connectivity index (χ2n) is 2.36. The second-order valence-corrected chi connectivity index (χ2v) is 3.03. The van der Waals surface area contributed by atoms with Gasteiger partial charge in [0.2, 0.25) is 0 Å². The molecule has 2 aromatic rings. The summed E-state index contributed by atoms with van der Waals surface area (Å²) in [6.45, 7) is 0. The van der Waals surface area contributed by atoms with E-state index in [9.17, 15) is 0 Å². The minimum absolute atomic E-state index is 0.477. The van der Waals surface area contributed by atoms with Crippen molar-refractivity contribution in [1.82, 2.24) is 15.0 Å². The molecule has 2 heterocycles. The molecule has 0 amide bonds. The van der Waals surface area contributed by atoms with Gasteiger partial charge in [-0.1, -0.05) is 11.6 Å². The summed E-state index contributed by atoms with van der Waals surface area (Å²) in [4.78, 5) is 10.9. The number of hydrogen-bond acceptors (Lipinski definition) is 3. The molecule has 1 N–H and O–H groups in total. The van der Waals surface area contributed by atoms with Crippen molar-refractivity contribution in [3.63, 3.8) is 0 Å². The highest BCUT2D eigenvalue weighted by Crippen LogP contribution is 2.23. The molecule has 0 radical (unpaired) electrons. The molecule has 0 saturated heterocycles. The lowest BCUT2D eigenvalue weighted by Crippen LogP contribution is -1.82. The fourth-order valence-electron chi connectivity index (χ4n) is 1.11. The lowest BCUT2D eigenvalue weighted by atomic mass is 10.3. The number of rotatable bonds is 1. The Hall–Kier alpha value is -0.740. The van der Waals surface area contributed by atoms with Crippen LogP contribution in [0.15, 0.2) is 12.5 Å². The van der Waals surface area contributed by atoms with Gasteiger partial charge < -0.3 is 4.98 Å². The Morgan fingerprint density at radius 1 is 1.50 bits per heavy atom. The first-order valence-electron chi connectivity index (χ1n) is 3.40. The Kier molecular flexibility index (Phi) is 1.94. The van der Waals surface area contributed by atoms with Crippen molar-refractivity contribution in [2.45, 2.75) is 5.75 Å². The first-order valence-corrected chi connectivity index (χ1v) is 4.41. The molecule has 12 heavy (non-hydrogen) atoms. The molecule has 5 heteroatoms. The Balaban J connectivity index is 2.83. The number of thiol groups is 1. The van der Waals surface area contributed by atoms with Crippen molar-refractivity contribution < 1.29 is 0 Å². The van der Waals surface area contributed by atoms with Gasteiger partial charge in [0, 0.05) is 11.9 Å². The van der Waals surface area contributed by atoms with Gasteiger partial charge in [-0.3, -0.25) is 0 Å². The van der Waals surface area contributed by atoms with Crippen LogP contribution in [-0.4, -0.2) is 15.0 Å². The van der Waals surface area contributed by atoms with Crippen LogP contribution in [0, 0.1) is 0 Å². The van der Waals surface area contributed by atoms with Gasteiger partial charge in [-0.15, -0.1) is 0 Å². The highest BCUT2D eigenvalue weighted by molar-refractivity contribution is 7.79. The lowest BCUT2D eigenvalue weighted by molar-refractivity contribution is 1.20. The van der Waals surface area contributed by atoms with Crippen LogP contribution in [0.4, 0.5) is 0 Å². The number of hydrogen-bond donors (Lipinski definition) is 2. The summed E-state index contributed by atoms with van der Waals surface area (Å²) in [6.07, 6.45) is 3.28. The topological polar surface area (TPSA) is 41.6 Å². The summed E-state index contributed by atoms with van der Waals surface area (Å²) in [5.41, 5.74) is 1.79. The second kappa shape index (κ2) is 2.95. The first-order chi connectivity index (χ1) is 5.83. The van der Waals surface area contributed by atoms with E-state index >= 15 is 0 Å². The summed E-state index contributed by atoms with van der Waals surface area (Å²) >= 11 is 10.0. The average molecular weight is 200 g/mol. The summed E-state index contributed by atoms with van der Waals surface area (Å²) < 4.78 is 0. The molecule has 0 unspecified atom stereocenters. The molecule has 2 aromatic heterocycles. The van der Waals surface area contributed by atoms with Crippen LogP contribution in [0.25, 0.3) is 11.0 Å². The van der Waals surface area contributed by atoms with Crippen molar-refractivity contribution in [1.29, 1.82) is 0 Å². The molecule has 0 aliphatic heterocycles. The molecule has 62 valence electrons. The third-order valence-corrected chi connectivity index (χ3v) is 2.30. The Bertz CT molecular complexity index is 412. The predicted molar refractivity (Wildman–Crippen MR) is 51.6 cm³/mol. The molecule has 0 atom stereocenters. The monoisotopic (exact) mass is 199 g/mol. The smallest absolute Gasteiger partial charge is 0.142 e. The Morgan fingerprint density at radius 2 is 2.33 bits per heavy atom. The van der Waals surface area contributed by atoms with Crippen LogP contribution in [0.2, 0.25) is 5.15 Å². The zero-order valence-corrected chi connectivity index (χ0v) is 7.73. The van der Waals surface area contributed by atoms with E-state index in [2.05, 4.69) is 27.6 Å². The van der Waals surface area contributed by atoms with Crippen molar-refractivity contribution in [2.24, 2.45) is 0 Å². The lowest BCUT2D eigenvalue weighted by Gasteiger charge is -1.93. The zero-order chi connectivity index (χ0) is 8.55. The van der Waals surface area contributed by atoms with E-state index in [1.54, 1.807) is 0 Å².